The number of furan rings is 1. The van der Waals surface area contributed by atoms with E-state index in [0.29, 0.717) is 37.8 Å². The number of hydrogen-bond donors (Lipinski definition) is 1. The second-order valence-corrected chi connectivity index (χ2v) is 6.79. The summed E-state index contributed by atoms with van der Waals surface area (Å²) in [5.74, 6) is 0.842. The van der Waals surface area contributed by atoms with E-state index < -0.39 is 0 Å². The number of ether oxygens (including phenoxy) is 1. The molecule has 7 heteroatoms. The number of hydrazone groups is 1. The van der Waals surface area contributed by atoms with Crippen molar-refractivity contribution in [1.82, 2.24) is 4.90 Å². The molecule has 6 nitrogen and oxygen atoms in total. The molecule has 0 radical (unpaired) electrons. The van der Waals surface area contributed by atoms with Crippen LogP contribution in [0.25, 0.3) is 0 Å². The molecule has 2 heterocycles. The van der Waals surface area contributed by atoms with Gasteiger partial charge in [0.25, 0.3) is 5.91 Å². The predicted octanol–water partition coefficient (Wildman–Crippen LogP) is 3.35. The van der Waals surface area contributed by atoms with Crippen LogP contribution in [0.1, 0.15) is 40.3 Å². The summed E-state index contributed by atoms with van der Waals surface area (Å²) in [6.45, 7) is 4.18. The van der Waals surface area contributed by atoms with E-state index in [-0.39, 0.29) is 11.7 Å². The van der Waals surface area contributed by atoms with E-state index in [9.17, 15) is 9.18 Å². The lowest BCUT2D eigenvalue weighted by Crippen LogP contribution is -2.40. The quantitative estimate of drug-likeness (QED) is 0.841. The summed E-state index contributed by atoms with van der Waals surface area (Å²) >= 11 is 0. The van der Waals surface area contributed by atoms with Gasteiger partial charge in [-0.3, -0.25) is 10.2 Å². The molecular weight excluding hydrogens is 349 g/mol. The molecule has 1 amide bonds. The van der Waals surface area contributed by atoms with Crippen molar-refractivity contribution >= 4 is 17.3 Å². The fourth-order valence-corrected chi connectivity index (χ4v) is 3.55. The van der Waals surface area contributed by atoms with Gasteiger partial charge in [0.15, 0.2) is 5.76 Å². The first-order valence-corrected chi connectivity index (χ1v) is 9.21. The van der Waals surface area contributed by atoms with Crippen LogP contribution >= 0.6 is 0 Å². The molecule has 2 aromatic rings. The minimum atomic E-state index is -0.287. The number of nitrogens with zero attached hydrogens (tertiary/aromatic N) is 2. The number of carbonyl (C=O) groups excluding carboxylic acids is 1. The topological polar surface area (TPSA) is 67.1 Å². The molecule has 2 aliphatic rings. The second-order valence-electron chi connectivity index (χ2n) is 6.79. The maximum absolute atomic E-state index is 13.0. The highest BCUT2D eigenvalue weighted by Gasteiger charge is 2.30. The van der Waals surface area contributed by atoms with Crippen molar-refractivity contribution in [2.24, 2.45) is 5.10 Å². The van der Waals surface area contributed by atoms with Gasteiger partial charge in [-0.1, -0.05) is 0 Å². The average molecular weight is 371 g/mol. The summed E-state index contributed by atoms with van der Waals surface area (Å²) in [5, 5.41) is 4.51. The zero-order valence-electron chi connectivity index (χ0n) is 15.3. The summed E-state index contributed by atoms with van der Waals surface area (Å²) < 4.78 is 24.3. The molecule has 1 aromatic carbocycles. The molecule has 1 saturated heterocycles. The Hall–Kier alpha value is -2.67. The highest BCUT2D eigenvalue weighted by atomic mass is 19.1. The van der Waals surface area contributed by atoms with Crippen LogP contribution in [-0.4, -0.2) is 42.8 Å². The Labute approximate surface area is 157 Å². The molecule has 1 aromatic heterocycles. The van der Waals surface area contributed by atoms with Gasteiger partial charge >= 0.3 is 0 Å². The highest BCUT2D eigenvalue weighted by molar-refractivity contribution is 6.06. The molecule has 1 aliphatic heterocycles. The van der Waals surface area contributed by atoms with Gasteiger partial charge in [0.2, 0.25) is 0 Å². The Bertz CT molecular complexity index is 867. The Balaban J connectivity index is 1.60. The molecule has 1 fully saturated rings. The highest BCUT2D eigenvalue weighted by Crippen LogP contribution is 2.31. The van der Waals surface area contributed by atoms with Crippen LogP contribution in [0.15, 0.2) is 33.8 Å². The Kier molecular flexibility index (Phi) is 4.94. The van der Waals surface area contributed by atoms with Crippen LogP contribution in [-0.2, 0) is 11.2 Å². The molecule has 1 aliphatic carbocycles. The summed E-state index contributed by atoms with van der Waals surface area (Å²) in [7, 11) is 0. The van der Waals surface area contributed by atoms with Crippen molar-refractivity contribution in [2.45, 2.75) is 26.2 Å². The molecule has 4 rings (SSSR count). The smallest absolute Gasteiger partial charge is 0.290 e. The lowest BCUT2D eigenvalue weighted by molar-refractivity contribution is 0.0281. The predicted molar refractivity (Wildman–Crippen MR) is 99.7 cm³/mol. The van der Waals surface area contributed by atoms with Gasteiger partial charge in [-0.25, -0.2) is 4.39 Å². The van der Waals surface area contributed by atoms with Crippen molar-refractivity contribution < 1.29 is 18.3 Å². The summed E-state index contributed by atoms with van der Waals surface area (Å²) in [5.41, 5.74) is 6.31. The Morgan fingerprint density at radius 3 is 2.67 bits per heavy atom. The fraction of sp³-hybridized carbons (Fsp3) is 0.400. The van der Waals surface area contributed by atoms with Crippen LogP contribution in [0, 0.1) is 12.7 Å². The number of amides is 1. The number of rotatable bonds is 3. The van der Waals surface area contributed by atoms with Crippen LogP contribution in [0.5, 0.6) is 0 Å². The van der Waals surface area contributed by atoms with E-state index in [1.54, 1.807) is 17.0 Å². The zero-order chi connectivity index (χ0) is 18.8. The van der Waals surface area contributed by atoms with Crippen molar-refractivity contribution in [2.75, 3.05) is 31.7 Å². The van der Waals surface area contributed by atoms with Gasteiger partial charge < -0.3 is 14.1 Å². The average Bonchev–Trinajstić information content (AvgIpc) is 3.05. The third-order valence-electron chi connectivity index (χ3n) is 4.98. The molecule has 0 atom stereocenters. The SMILES string of the molecule is Cc1c(C(=O)N2CCOCC2)oc2c1/C(=N/Nc1ccc(F)cc1)CCC2. The third-order valence-corrected chi connectivity index (χ3v) is 4.98. The number of nitrogens with one attached hydrogen (secondary N) is 1. The van der Waals surface area contributed by atoms with Crippen molar-refractivity contribution in [1.29, 1.82) is 0 Å². The molecule has 27 heavy (non-hydrogen) atoms. The number of fused-ring (bicyclic) bond motifs is 1. The van der Waals surface area contributed by atoms with Crippen molar-refractivity contribution in [3.8, 4) is 0 Å². The van der Waals surface area contributed by atoms with Crippen LogP contribution < -0.4 is 5.43 Å². The van der Waals surface area contributed by atoms with Crippen molar-refractivity contribution in [3.05, 3.63) is 52.7 Å². The largest absolute Gasteiger partial charge is 0.455 e. The summed E-state index contributed by atoms with van der Waals surface area (Å²) in [6, 6.07) is 6.05. The zero-order valence-corrected chi connectivity index (χ0v) is 15.3. The summed E-state index contributed by atoms with van der Waals surface area (Å²) in [6.07, 6.45) is 2.50. The molecule has 142 valence electrons. The van der Waals surface area contributed by atoms with E-state index in [1.807, 2.05) is 6.92 Å². The van der Waals surface area contributed by atoms with E-state index >= 15 is 0 Å². The number of morpholine rings is 1. The van der Waals surface area contributed by atoms with Gasteiger partial charge in [-0.2, -0.15) is 5.10 Å². The van der Waals surface area contributed by atoms with Gasteiger partial charge in [0.05, 0.1) is 24.6 Å². The number of hydrogen-bond acceptors (Lipinski definition) is 5. The number of carbonyl (C=O) groups is 1. The van der Waals surface area contributed by atoms with Gasteiger partial charge in [-0.05, 0) is 44.0 Å². The minimum Gasteiger partial charge on any atom is -0.455 e. The van der Waals surface area contributed by atoms with Crippen LogP contribution in [0.3, 0.4) is 0 Å². The van der Waals surface area contributed by atoms with E-state index in [1.165, 1.54) is 12.1 Å². The monoisotopic (exact) mass is 371 g/mol. The summed E-state index contributed by atoms with van der Waals surface area (Å²) in [4.78, 5) is 14.6. The van der Waals surface area contributed by atoms with E-state index in [2.05, 4.69) is 10.5 Å². The first kappa shape index (κ1) is 17.7. The number of anilines is 1. The Morgan fingerprint density at radius 1 is 1.19 bits per heavy atom. The molecule has 0 saturated carbocycles. The lowest BCUT2D eigenvalue weighted by Gasteiger charge is -2.26. The van der Waals surface area contributed by atoms with Crippen LogP contribution in [0.4, 0.5) is 10.1 Å². The van der Waals surface area contributed by atoms with Gasteiger partial charge in [0.1, 0.15) is 11.6 Å². The minimum absolute atomic E-state index is 0.0870. The molecule has 0 spiro atoms. The van der Waals surface area contributed by atoms with E-state index in [4.69, 9.17) is 9.15 Å². The fourth-order valence-electron chi connectivity index (χ4n) is 3.55. The molecule has 0 unspecified atom stereocenters. The van der Waals surface area contributed by atoms with Gasteiger partial charge in [0, 0.05) is 30.6 Å². The third kappa shape index (κ3) is 3.60. The lowest BCUT2D eigenvalue weighted by atomic mass is 9.93. The second kappa shape index (κ2) is 7.52. The van der Waals surface area contributed by atoms with Crippen molar-refractivity contribution in [3.63, 3.8) is 0 Å². The maximum atomic E-state index is 13.0. The number of benzene rings is 1. The number of halogens is 1. The first-order chi connectivity index (χ1) is 13.1. The maximum Gasteiger partial charge on any atom is 0.290 e. The van der Waals surface area contributed by atoms with E-state index in [0.717, 1.165) is 41.9 Å². The molecular formula is C20H22FN3O3. The molecule has 1 N–H and O–H groups in total. The number of aryl methyl sites for hydroxylation is 1. The Morgan fingerprint density at radius 2 is 1.93 bits per heavy atom. The normalized spacial score (nSPS) is 18.4. The molecule has 0 bridgehead atoms. The first-order valence-electron chi connectivity index (χ1n) is 9.21. The van der Waals surface area contributed by atoms with Gasteiger partial charge in [-0.15, -0.1) is 0 Å². The van der Waals surface area contributed by atoms with Crippen LogP contribution in [0.2, 0.25) is 0 Å². The standard InChI is InChI=1S/C20H22FN3O3/c1-13-18-16(23-22-15-7-5-14(21)6-8-15)3-2-4-17(18)27-19(13)20(25)24-9-11-26-12-10-24/h5-8,22H,2-4,9-12H2,1H3/b23-16+.